The molecule has 3 unspecified atom stereocenters. The quantitative estimate of drug-likeness (QED) is 0.578. The van der Waals surface area contributed by atoms with Gasteiger partial charge in [0, 0.05) is 18.4 Å². The van der Waals surface area contributed by atoms with Crippen molar-refractivity contribution in [2.24, 2.45) is 11.8 Å². The largest absolute Gasteiger partial charge is 0.351 e. The van der Waals surface area contributed by atoms with Gasteiger partial charge in [-0.1, -0.05) is 13.8 Å². The minimum Gasteiger partial charge on any atom is -0.351 e. The Labute approximate surface area is 68.0 Å². The van der Waals surface area contributed by atoms with E-state index in [0.717, 1.165) is 17.9 Å². The number of hydrogen-bond acceptors (Lipinski definition) is 0. The van der Waals surface area contributed by atoms with Crippen molar-refractivity contribution in [1.29, 1.82) is 0 Å². The highest BCUT2D eigenvalue weighted by molar-refractivity contribution is 4.98. The lowest BCUT2D eigenvalue weighted by atomic mass is 9.71. The summed E-state index contributed by atoms with van der Waals surface area (Å²) in [6.07, 6.45) is 5.70. The van der Waals surface area contributed by atoms with E-state index in [9.17, 15) is 0 Å². The molecule has 1 heteroatoms. The van der Waals surface area contributed by atoms with Crippen molar-refractivity contribution in [1.82, 2.24) is 4.57 Å². The molecule has 1 aromatic rings. The van der Waals surface area contributed by atoms with Crippen LogP contribution >= 0.6 is 0 Å². The van der Waals surface area contributed by atoms with E-state index in [4.69, 9.17) is 0 Å². The normalized spacial score (nSPS) is 36.7. The molecule has 0 aromatic carbocycles. The zero-order chi connectivity index (χ0) is 7.84. The Hall–Kier alpha value is -0.720. The second-order valence-electron chi connectivity index (χ2n) is 3.77. The molecule has 0 saturated heterocycles. The zero-order valence-electron chi connectivity index (χ0n) is 7.20. The van der Waals surface area contributed by atoms with Crippen LogP contribution in [0.3, 0.4) is 0 Å². The van der Waals surface area contributed by atoms with E-state index in [1.54, 1.807) is 0 Å². The van der Waals surface area contributed by atoms with Crippen molar-refractivity contribution in [2.75, 3.05) is 0 Å². The molecule has 2 rings (SSSR count). The van der Waals surface area contributed by atoms with Gasteiger partial charge in [-0.05, 0) is 30.4 Å². The lowest BCUT2D eigenvalue weighted by molar-refractivity contribution is 0.112. The van der Waals surface area contributed by atoms with Crippen molar-refractivity contribution in [3.63, 3.8) is 0 Å². The maximum absolute atomic E-state index is 2.35. The highest BCUT2D eigenvalue weighted by Crippen LogP contribution is 2.43. The molecule has 0 radical (unpaired) electrons. The Morgan fingerprint density at radius 2 is 1.82 bits per heavy atom. The van der Waals surface area contributed by atoms with Crippen molar-refractivity contribution >= 4 is 0 Å². The summed E-state index contributed by atoms with van der Waals surface area (Å²) >= 11 is 0. The fourth-order valence-electron chi connectivity index (χ4n) is 1.96. The number of rotatable bonds is 1. The average molecular weight is 149 g/mol. The smallest absolute Gasteiger partial charge is 0.0361 e. The van der Waals surface area contributed by atoms with Crippen LogP contribution in [0.1, 0.15) is 26.3 Å². The highest BCUT2D eigenvalue weighted by Gasteiger charge is 2.34. The Morgan fingerprint density at radius 1 is 1.18 bits per heavy atom. The Balaban J connectivity index is 2.10. The van der Waals surface area contributed by atoms with Gasteiger partial charge in [0.15, 0.2) is 0 Å². The molecule has 1 nitrogen and oxygen atoms in total. The first kappa shape index (κ1) is 6.96. The van der Waals surface area contributed by atoms with E-state index in [2.05, 4.69) is 42.9 Å². The third-order valence-electron chi connectivity index (χ3n) is 3.13. The van der Waals surface area contributed by atoms with Gasteiger partial charge in [-0.3, -0.25) is 0 Å². The van der Waals surface area contributed by atoms with E-state index in [1.165, 1.54) is 6.42 Å². The van der Waals surface area contributed by atoms with Crippen LogP contribution < -0.4 is 0 Å². The van der Waals surface area contributed by atoms with Crippen LogP contribution in [0.4, 0.5) is 0 Å². The molecule has 0 N–H and O–H groups in total. The summed E-state index contributed by atoms with van der Waals surface area (Å²) in [6.45, 7) is 4.68. The number of aromatic nitrogens is 1. The molecule has 0 spiro atoms. The monoisotopic (exact) mass is 149 g/mol. The van der Waals surface area contributed by atoms with Gasteiger partial charge in [0.1, 0.15) is 0 Å². The van der Waals surface area contributed by atoms with Gasteiger partial charge in [-0.2, -0.15) is 0 Å². The average Bonchev–Trinajstić information content (AvgIpc) is 2.51. The standard InChI is InChI=1S/C10H15N/c1-8-7-10(9(8)2)11-5-3-4-6-11/h3-6,8-10H,7H2,1-2H3. The van der Waals surface area contributed by atoms with Gasteiger partial charge in [-0.25, -0.2) is 0 Å². The van der Waals surface area contributed by atoms with Crippen LogP contribution in [0.15, 0.2) is 24.5 Å². The minimum absolute atomic E-state index is 0.778. The fraction of sp³-hybridized carbons (Fsp3) is 0.600. The van der Waals surface area contributed by atoms with Crippen molar-refractivity contribution in [2.45, 2.75) is 26.3 Å². The molecule has 1 aliphatic rings. The molecule has 3 atom stereocenters. The molecule has 1 aromatic heterocycles. The van der Waals surface area contributed by atoms with Crippen LogP contribution in [0.2, 0.25) is 0 Å². The van der Waals surface area contributed by atoms with Gasteiger partial charge in [-0.15, -0.1) is 0 Å². The summed E-state index contributed by atoms with van der Waals surface area (Å²) in [5.41, 5.74) is 0. The minimum atomic E-state index is 0.778. The summed E-state index contributed by atoms with van der Waals surface area (Å²) in [6, 6.07) is 4.99. The first-order valence-corrected chi connectivity index (χ1v) is 4.41. The number of nitrogens with zero attached hydrogens (tertiary/aromatic N) is 1. The third kappa shape index (κ3) is 0.991. The molecule has 60 valence electrons. The van der Waals surface area contributed by atoms with E-state index in [1.807, 2.05) is 0 Å². The van der Waals surface area contributed by atoms with Crippen molar-refractivity contribution < 1.29 is 0 Å². The zero-order valence-corrected chi connectivity index (χ0v) is 7.20. The van der Waals surface area contributed by atoms with Gasteiger partial charge < -0.3 is 4.57 Å². The summed E-state index contributed by atoms with van der Waals surface area (Å²) in [5.74, 6) is 1.78. The first-order chi connectivity index (χ1) is 5.29. The lowest BCUT2D eigenvalue weighted by Gasteiger charge is -2.41. The maximum atomic E-state index is 2.35. The topological polar surface area (TPSA) is 4.93 Å². The van der Waals surface area contributed by atoms with E-state index < -0.39 is 0 Å². The molecule has 1 heterocycles. The Bertz CT molecular complexity index is 225. The van der Waals surface area contributed by atoms with Crippen molar-refractivity contribution in [3.05, 3.63) is 24.5 Å². The maximum Gasteiger partial charge on any atom is 0.0361 e. The predicted octanol–water partition coefficient (Wildman–Crippen LogP) is 2.71. The van der Waals surface area contributed by atoms with Gasteiger partial charge in [0.05, 0.1) is 0 Å². The summed E-state index contributed by atoms with van der Waals surface area (Å²) in [5, 5.41) is 0. The van der Waals surface area contributed by atoms with Crippen LogP contribution in [0.25, 0.3) is 0 Å². The van der Waals surface area contributed by atoms with Gasteiger partial charge in [0.2, 0.25) is 0 Å². The fourth-order valence-corrected chi connectivity index (χ4v) is 1.96. The van der Waals surface area contributed by atoms with Crippen molar-refractivity contribution in [3.8, 4) is 0 Å². The van der Waals surface area contributed by atoms with Gasteiger partial charge >= 0.3 is 0 Å². The SMILES string of the molecule is CC1CC(n2cccc2)C1C. The second-order valence-corrected chi connectivity index (χ2v) is 3.77. The third-order valence-corrected chi connectivity index (χ3v) is 3.13. The van der Waals surface area contributed by atoms with Crippen LogP contribution in [-0.2, 0) is 0 Å². The van der Waals surface area contributed by atoms with Crippen LogP contribution in [0.5, 0.6) is 0 Å². The Morgan fingerprint density at radius 3 is 2.27 bits per heavy atom. The molecule has 0 aliphatic heterocycles. The first-order valence-electron chi connectivity index (χ1n) is 4.41. The summed E-state index contributed by atoms with van der Waals surface area (Å²) in [4.78, 5) is 0. The molecule has 1 fully saturated rings. The number of hydrogen-bond donors (Lipinski definition) is 0. The molecule has 1 saturated carbocycles. The predicted molar refractivity (Wildman–Crippen MR) is 46.4 cm³/mol. The lowest BCUT2D eigenvalue weighted by Crippen LogP contribution is -2.33. The van der Waals surface area contributed by atoms with Crippen LogP contribution in [-0.4, -0.2) is 4.57 Å². The van der Waals surface area contributed by atoms with E-state index in [-0.39, 0.29) is 0 Å². The molecular weight excluding hydrogens is 134 g/mol. The summed E-state index contributed by atoms with van der Waals surface area (Å²) in [7, 11) is 0. The highest BCUT2D eigenvalue weighted by atomic mass is 15.0. The second kappa shape index (κ2) is 2.40. The molecular formula is C10H15N. The molecule has 0 bridgehead atoms. The molecule has 0 amide bonds. The Kier molecular flexibility index (Phi) is 1.52. The summed E-state index contributed by atoms with van der Waals surface area (Å²) < 4.78 is 2.34. The molecule has 11 heavy (non-hydrogen) atoms. The van der Waals surface area contributed by atoms with E-state index >= 15 is 0 Å². The van der Waals surface area contributed by atoms with Crippen LogP contribution in [0, 0.1) is 11.8 Å². The van der Waals surface area contributed by atoms with E-state index in [0.29, 0.717) is 0 Å². The van der Waals surface area contributed by atoms with Gasteiger partial charge in [0.25, 0.3) is 0 Å². The molecule has 1 aliphatic carbocycles.